The first kappa shape index (κ1) is 19.1. The van der Waals surface area contributed by atoms with Crippen LogP contribution >= 0.6 is 0 Å². The monoisotopic (exact) mass is 325 g/mol. The van der Waals surface area contributed by atoms with Crippen LogP contribution in [0.3, 0.4) is 0 Å². The van der Waals surface area contributed by atoms with Crippen LogP contribution in [0, 0.1) is 29.9 Å². The number of rotatable bonds is 9. The molecule has 0 bridgehead atoms. The second kappa shape index (κ2) is 8.61. The van der Waals surface area contributed by atoms with Crippen molar-refractivity contribution in [2.24, 2.45) is 5.92 Å². The summed E-state index contributed by atoms with van der Waals surface area (Å²) in [6.07, 6.45) is 0. The van der Waals surface area contributed by atoms with Gasteiger partial charge in [-0.2, -0.15) is 5.10 Å². The van der Waals surface area contributed by atoms with Crippen LogP contribution in [0.1, 0.15) is 32.2 Å². The first-order valence-electron chi connectivity index (χ1n) is 8.00. The Morgan fingerprint density at radius 2 is 2.00 bits per heavy atom. The highest BCUT2D eigenvalue weighted by atomic mass is 16.6. The molecule has 23 heavy (non-hydrogen) atoms. The van der Waals surface area contributed by atoms with Gasteiger partial charge in [-0.3, -0.25) is 19.6 Å². The first-order valence-corrected chi connectivity index (χ1v) is 8.00. The van der Waals surface area contributed by atoms with Gasteiger partial charge in [0.05, 0.1) is 17.4 Å². The molecule has 1 heterocycles. The van der Waals surface area contributed by atoms with Crippen LogP contribution in [0.5, 0.6) is 0 Å². The third-order valence-corrected chi connectivity index (χ3v) is 4.04. The number of hydrogen-bond acceptors (Lipinski definition) is 5. The number of amides is 1. The van der Waals surface area contributed by atoms with Crippen LogP contribution in [0.2, 0.25) is 0 Å². The van der Waals surface area contributed by atoms with Gasteiger partial charge >= 0.3 is 5.69 Å². The molecule has 0 aliphatic rings. The van der Waals surface area contributed by atoms with Crippen molar-refractivity contribution in [3.8, 4) is 0 Å². The van der Waals surface area contributed by atoms with E-state index in [1.807, 2.05) is 0 Å². The van der Waals surface area contributed by atoms with Crippen molar-refractivity contribution in [1.82, 2.24) is 20.0 Å². The van der Waals surface area contributed by atoms with E-state index in [0.29, 0.717) is 24.5 Å². The van der Waals surface area contributed by atoms with E-state index in [4.69, 9.17) is 0 Å². The minimum absolute atomic E-state index is 0.0270. The summed E-state index contributed by atoms with van der Waals surface area (Å²) in [7, 11) is 0. The Hall–Kier alpha value is -1.96. The third kappa shape index (κ3) is 5.02. The van der Waals surface area contributed by atoms with Crippen molar-refractivity contribution in [1.29, 1.82) is 0 Å². The topological polar surface area (TPSA) is 93.3 Å². The van der Waals surface area contributed by atoms with E-state index in [0.717, 1.165) is 19.6 Å². The van der Waals surface area contributed by atoms with Gasteiger partial charge in [0, 0.05) is 13.1 Å². The minimum Gasteiger partial charge on any atom is -0.355 e. The maximum absolute atomic E-state index is 12.1. The molecule has 0 saturated heterocycles. The quantitative estimate of drug-likeness (QED) is 0.548. The van der Waals surface area contributed by atoms with Crippen molar-refractivity contribution >= 4 is 11.6 Å². The Bertz CT molecular complexity index is 552. The summed E-state index contributed by atoms with van der Waals surface area (Å²) in [5.74, 6) is -0.364. The van der Waals surface area contributed by atoms with Crippen LogP contribution < -0.4 is 5.32 Å². The van der Waals surface area contributed by atoms with Gasteiger partial charge in [0.25, 0.3) is 0 Å². The molecule has 0 aliphatic heterocycles. The van der Waals surface area contributed by atoms with Crippen molar-refractivity contribution in [3.05, 3.63) is 21.5 Å². The highest BCUT2D eigenvalue weighted by Gasteiger charge is 2.24. The molecule has 1 aromatic rings. The number of nitrogens with zero attached hydrogens (tertiary/aromatic N) is 4. The van der Waals surface area contributed by atoms with Crippen LogP contribution in [0.25, 0.3) is 0 Å². The number of nitro groups is 1. The standard InChI is InChI=1S/C15H27N5O3/c1-6-18(7-2)9-8-16-15(21)11(3)10-19-13(5)14(20(22)23)12(4)17-19/h11H,6-10H2,1-5H3,(H,16,21). The van der Waals surface area contributed by atoms with Gasteiger partial charge in [0.1, 0.15) is 11.4 Å². The average molecular weight is 325 g/mol. The number of carbonyl (C=O) groups excluding carboxylic acids is 1. The lowest BCUT2D eigenvalue weighted by atomic mass is 10.1. The lowest BCUT2D eigenvalue weighted by molar-refractivity contribution is -0.386. The Morgan fingerprint density at radius 3 is 2.48 bits per heavy atom. The fourth-order valence-electron chi connectivity index (χ4n) is 2.52. The normalized spacial score (nSPS) is 12.4. The SMILES string of the molecule is CCN(CC)CCNC(=O)C(C)Cn1nc(C)c([N+](=O)[O-])c1C. The summed E-state index contributed by atoms with van der Waals surface area (Å²) >= 11 is 0. The zero-order valence-electron chi connectivity index (χ0n) is 14.6. The number of carbonyl (C=O) groups is 1. The Balaban J connectivity index is 2.59. The summed E-state index contributed by atoms with van der Waals surface area (Å²) in [6.45, 7) is 12.9. The largest absolute Gasteiger partial charge is 0.355 e. The summed E-state index contributed by atoms with van der Waals surface area (Å²) in [4.78, 5) is 24.9. The second-order valence-electron chi connectivity index (χ2n) is 5.68. The van der Waals surface area contributed by atoms with E-state index >= 15 is 0 Å². The fraction of sp³-hybridized carbons (Fsp3) is 0.733. The molecule has 0 fully saturated rings. The highest BCUT2D eigenvalue weighted by molar-refractivity contribution is 5.78. The van der Waals surface area contributed by atoms with E-state index in [1.165, 1.54) is 0 Å². The fourth-order valence-corrected chi connectivity index (χ4v) is 2.52. The number of nitrogens with one attached hydrogen (secondary N) is 1. The predicted molar refractivity (Wildman–Crippen MR) is 88.3 cm³/mol. The summed E-state index contributed by atoms with van der Waals surface area (Å²) < 4.78 is 1.54. The second-order valence-corrected chi connectivity index (χ2v) is 5.68. The molecule has 0 saturated carbocycles. The number of likely N-dealkylation sites (N-methyl/N-ethyl adjacent to an activating group) is 1. The average Bonchev–Trinajstić information content (AvgIpc) is 2.77. The van der Waals surface area contributed by atoms with Gasteiger partial charge in [-0.05, 0) is 26.9 Å². The molecule has 8 heteroatoms. The molecule has 1 rings (SSSR count). The lowest BCUT2D eigenvalue weighted by Gasteiger charge is -2.19. The van der Waals surface area contributed by atoms with Crippen molar-refractivity contribution in [3.63, 3.8) is 0 Å². The molecule has 0 radical (unpaired) electrons. The number of aryl methyl sites for hydroxylation is 1. The van der Waals surface area contributed by atoms with Gasteiger partial charge in [-0.25, -0.2) is 0 Å². The molecule has 0 spiro atoms. The molecule has 1 unspecified atom stereocenters. The van der Waals surface area contributed by atoms with Gasteiger partial charge < -0.3 is 10.2 Å². The molecule has 1 amide bonds. The summed E-state index contributed by atoms with van der Waals surface area (Å²) in [5, 5.41) is 18.1. The maximum Gasteiger partial charge on any atom is 0.312 e. The Morgan fingerprint density at radius 1 is 1.39 bits per heavy atom. The zero-order valence-corrected chi connectivity index (χ0v) is 14.6. The van der Waals surface area contributed by atoms with Crippen LogP contribution in [-0.4, -0.2) is 51.7 Å². The van der Waals surface area contributed by atoms with Crippen molar-refractivity contribution < 1.29 is 9.72 Å². The van der Waals surface area contributed by atoms with Gasteiger partial charge in [-0.15, -0.1) is 0 Å². The van der Waals surface area contributed by atoms with Gasteiger partial charge in [0.2, 0.25) is 5.91 Å². The van der Waals surface area contributed by atoms with Gasteiger partial charge in [0.15, 0.2) is 0 Å². The minimum atomic E-state index is -0.428. The molecule has 1 N–H and O–H groups in total. The van der Waals surface area contributed by atoms with Crippen LogP contribution in [-0.2, 0) is 11.3 Å². The molecular formula is C15H27N5O3. The molecule has 1 aromatic heterocycles. The molecule has 0 aliphatic carbocycles. The van der Waals surface area contributed by atoms with E-state index in [2.05, 4.69) is 29.2 Å². The molecule has 130 valence electrons. The summed E-state index contributed by atoms with van der Waals surface area (Å²) in [6, 6.07) is 0. The summed E-state index contributed by atoms with van der Waals surface area (Å²) in [5.41, 5.74) is 0.885. The molecule has 1 atom stereocenters. The smallest absolute Gasteiger partial charge is 0.312 e. The number of aromatic nitrogens is 2. The molecular weight excluding hydrogens is 298 g/mol. The Kier molecular flexibility index (Phi) is 7.15. The van der Waals surface area contributed by atoms with Gasteiger partial charge in [-0.1, -0.05) is 20.8 Å². The van der Waals surface area contributed by atoms with Crippen LogP contribution in [0.15, 0.2) is 0 Å². The third-order valence-electron chi connectivity index (χ3n) is 4.04. The number of hydrogen-bond donors (Lipinski definition) is 1. The van der Waals surface area contributed by atoms with E-state index in [-0.39, 0.29) is 17.5 Å². The maximum atomic E-state index is 12.1. The molecule has 0 aromatic carbocycles. The predicted octanol–water partition coefficient (Wildman–Crippen LogP) is 1.50. The first-order chi connectivity index (χ1) is 10.8. The Labute approximate surface area is 137 Å². The van der Waals surface area contributed by atoms with E-state index < -0.39 is 4.92 Å². The van der Waals surface area contributed by atoms with E-state index in [1.54, 1.807) is 25.5 Å². The van der Waals surface area contributed by atoms with Crippen molar-refractivity contribution in [2.45, 2.75) is 41.2 Å². The van der Waals surface area contributed by atoms with Crippen molar-refractivity contribution in [2.75, 3.05) is 26.2 Å². The lowest BCUT2D eigenvalue weighted by Crippen LogP contribution is -2.38. The molecule has 8 nitrogen and oxygen atoms in total. The zero-order chi connectivity index (χ0) is 17.6. The highest BCUT2D eigenvalue weighted by Crippen LogP contribution is 2.22. The van der Waals surface area contributed by atoms with Crippen LogP contribution in [0.4, 0.5) is 5.69 Å². The van der Waals surface area contributed by atoms with E-state index in [9.17, 15) is 14.9 Å².